The third kappa shape index (κ3) is 7.34. The molecule has 0 aliphatic carbocycles. The van der Waals surface area contributed by atoms with Crippen molar-refractivity contribution in [2.45, 2.75) is 50.0 Å². The molecule has 5 unspecified atom stereocenters. The molecule has 1 aromatic carbocycles. The van der Waals surface area contributed by atoms with E-state index in [1.54, 1.807) is 6.20 Å². The lowest BCUT2D eigenvalue weighted by atomic mass is 10.0. The number of nitrogens with two attached hydrogens (primary N) is 1. The zero-order chi connectivity index (χ0) is 27.8. The number of imidazole rings is 1. The van der Waals surface area contributed by atoms with Crippen molar-refractivity contribution >= 4 is 47.2 Å². The van der Waals surface area contributed by atoms with Crippen LogP contribution in [0.25, 0.3) is 10.9 Å². The Balaban J connectivity index is 1.63. The van der Waals surface area contributed by atoms with Crippen molar-refractivity contribution in [3.63, 3.8) is 0 Å². The maximum atomic E-state index is 12.9. The second-order valence-electron chi connectivity index (χ2n) is 8.82. The van der Waals surface area contributed by atoms with Gasteiger partial charge in [-0.15, -0.1) is 0 Å². The summed E-state index contributed by atoms with van der Waals surface area (Å²) in [6, 6.07) is 2.37. The zero-order valence-corrected chi connectivity index (χ0v) is 21.4. The van der Waals surface area contributed by atoms with Gasteiger partial charge < -0.3 is 41.9 Å². The number of rotatable bonds is 13. The van der Waals surface area contributed by atoms with Crippen LogP contribution in [0.4, 0.5) is 0 Å². The fourth-order valence-corrected chi connectivity index (χ4v) is 4.10. The van der Waals surface area contributed by atoms with E-state index in [4.69, 9.17) is 5.73 Å². The van der Waals surface area contributed by atoms with Crippen LogP contribution in [-0.4, -0.2) is 84.9 Å². The number of thiol groups is 1. The second-order valence-corrected chi connectivity index (χ2v) is 9.19. The van der Waals surface area contributed by atoms with Gasteiger partial charge in [0.1, 0.15) is 18.1 Å². The van der Waals surface area contributed by atoms with Crippen molar-refractivity contribution in [1.29, 1.82) is 0 Å². The van der Waals surface area contributed by atoms with Gasteiger partial charge in [-0.2, -0.15) is 12.6 Å². The Labute approximate surface area is 223 Å². The number of hydrogen-bond acceptors (Lipinski definition) is 8. The average Bonchev–Trinajstić information content (AvgIpc) is 3.54. The number of carbonyl (C=O) groups excluding carboxylic acids is 3. The van der Waals surface area contributed by atoms with E-state index in [1.807, 2.05) is 24.3 Å². The maximum absolute atomic E-state index is 12.9. The van der Waals surface area contributed by atoms with E-state index in [2.05, 4.69) is 43.5 Å². The van der Waals surface area contributed by atoms with Crippen LogP contribution in [-0.2, 0) is 32.0 Å². The summed E-state index contributed by atoms with van der Waals surface area (Å²) in [6.45, 7) is 1.29. The molecule has 13 nitrogen and oxygen atoms in total. The average molecular weight is 546 g/mol. The molecule has 0 spiro atoms. The van der Waals surface area contributed by atoms with Crippen LogP contribution < -0.4 is 21.7 Å². The lowest BCUT2D eigenvalue weighted by Crippen LogP contribution is -2.60. The third-order valence-electron chi connectivity index (χ3n) is 5.92. The molecule has 14 heteroatoms. The molecule has 2 aromatic heterocycles. The first-order valence-electron chi connectivity index (χ1n) is 11.8. The third-order valence-corrected chi connectivity index (χ3v) is 6.29. The van der Waals surface area contributed by atoms with Gasteiger partial charge in [0.2, 0.25) is 17.7 Å². The number of para-hydroxylation sites is 1. The zero-order valence-electron chi connectivity index (χ0n) is 20.5. The summed E-state index contributed by atoms with van der Waals surface area (Å²) in [5, 5.41) is 27.9. The molecule has 0 aliphatic heterocycles. The van der Waals surface area contributed by atoms with Crippen molar-refractivity contribution in [2.75, 3.05) is 5.75 Å². The summed E-state index contributed by atoms with van der Waals surface area (Å²) in [5.74, 6) is -3.77. The van der Waals surface area contributed by atoms with Crippen LogP contribution in [0, 0.1) is 0 Å². The summed E-state index contributed by atoms with van der Waals surface area (Å²) in [5.41, 5.74) is 8.03. The van der Waals surface area contributed by atoms with Crippen LogP contribution in [0.3, 0.4) is 0 Å². The Kier molecular flexibility index (Phi) is 9.87. The molecule has 0 aliphatic rings. The highest BCUT2D eigenvalue weighted by Crippen LogP contribution is 2.19. The number of carboxylic acid groups (broad SMARTS) is 1. The number of aliphatic hydroxyl groups excluding tert-OH is 1. The SMILES string of the molecule is CC(O)C(NC(=O)C(N)Cc1cnc[nH]1)C(=O)NC(CS)C(=O)NC(Cc1c[nH]c2ccccc12)C(=O)O. The summed E-state index contributed by atoms with van der Waals surface area (Å²) in [7, 11) is 0. The highest BCUT2D eigenvalue weighted by Gasteiger charge is 2.32. The van der Waals surface area contributed by atoms with Gasteiger partial charge in [0.25, 0.3) is 0 Å². The molecule has 5 atom stereocenters. The minimum atomic E-state index is -1.42. The Morgan fingerprint density at radius 2 is 1.74 bits per heavy atom. The lowest BCUT2D eigenvalue weighted by Gasteiger charge is -2.25. The molecule has 9 N–H and O–H groups in total. The van der Waals surface area contributed by atoms with Crippen molar-refractivity contribution in [2.24, 2.45) is 5.73 Å². The van der Waals surface area contributed by atoms with E-state index in [0.717, 1.165) is 10.9 Å². The first kappa shape index (κ1) is 28.7. The fourth-order valence-electron chi connectivity index (χ4n) is 3.84. The van der Waals surface area contributed by atoms with Crippen LogP contribution in [0.5, 0.6) is 0 Å². The highest BCUT2D eigenvalue weighted by atomic mass is 32.1. The maximum Gasteiger partial charge on any atom is 0.326 e. The number of H-pyrrole nitrogens is 2. The van der Waals surface area contributed by atoms with Crippen LogP contribution in [0.2, 0.25) is 0 Å². The second kappa shape index (κ2) is 13.1. The lowest BCUT2D eigenvalue weighted by molar-refractivity contribution is -0.142. The largest absolute Gasteiger partial charge is 0.480 e. The van der Waals surface area contributed by atoms with Crippen molar-refractivity contribution in [3.05, 3.63) is 54.2 Å². The van der Waals surface area contributed by atoms with Gasteiger partial charge in [-0.25, -0.2) is 9.78 Å². The fraction of sp³-hybridized carbons (Fsp3) is 0.375. The number of aromatic nitrogens is 3. The minimum Gasteiger partial charge on any atom is -0.480 e. The van der Waals surface area contributed by atoms with E-state index in [0.29, 0.717) is 11.3 Å². The van der Waals surface area contributed by atoms with E-state index in [9.17, 15) is 29.4 Å². The summed E-state index contributed by atoms with van der Waals surface area (Å²) < 4.78 is 0. The number of fused-ring (bicyclic) bond motifs is 1. The summed E-state index contributed by atoms with van der Waals surface area (Å²) in [6.07, 6.45) is 3.41. The highest BCUT2D eigenvalue weighted by molar-refractivity contribution is 7.80. The van der Waals surface area contributed by atoms with Gasteiger partial charge in [0.15, 0.2) is 0 Å². The van der Waals surface area contributed by atoms with E-state index < -0.39 is 54.0 Å². The molecule has 204 valence electrons. The molecular formula is C24H31N7O6S. The molecule has 0 saturated carbocycles. The van der Waals surface area contributed by atoms with Crippen LogP contribution in [0.1, 0.15) is 18.2 Å². The molecule has 38 heavy (non-hydrogen) atoms. The molecule has 0 radical (unpaired) electrons. The Hall–Kier alpha value is -3.88. The summed E-state index contributed by atoms with van der Waals surface area (Å²) in [4.78, 5) is 59.9. The van der Waals surface area contributed by atoms with E-state index in [-0.39, 0.29) is 18.6 Å². The van der Waals surface area contributed by atoms with Gasteiger partial charge in [-0.1, -0.05) is 18.2 Å². The first-order chi connectivity index (χ1) is 18.1. The monoisotopic (exact) mass is 545 g/mol. The predicted octanol–water partition coefficient (Wildman–Crippen LogP) is -1.15. The normalized spacial score (nSPS) is 15.2. The number of carbonyl (C=O) groups is 4. The Morgan fingerprint density at radius 3 is 2.37 bits per heavy atom. The molecule has 0 bridgehead atoms. The standard InChI is InChI=1S/C24H31N7O6S/c1-12(32)20(31-21(33)16(25)7-14-9-26-11-28-14)23(35)30-19(10-38)22(34)29-18(24(36)37)6-13-8-27-17-5-3-2-4-15(13)17/h2-5,8-9,11-12,16,18-20,27,32,38H,6-7,10,25H2,1H3,(H,26,28)(H,29,34)(H,30,35)(H,31,33)(H,36,37). The first-order valence-corrected chi connectivity index (χ1v) is 12.4. The Bertz CT molecular complexity index is 1260. The smallest absolute Gasteiger partial charge is 0.326 e. The van der Waals surface area contributed by atoms with Crippen molar-refractivity contribution < 1.29 is 29.4 Å². The molecule has 3 rings (SSSR count). The number of hydrogen-bond donors (Lipinski definition) is 9. The van der Waals surface area contributed by atoms with Gasteiger partial charge in [0.05, 0.1) is 18.5 Å². The van der Waals surface area contributed by atoms with Gasteiger partial charge in [-0.3, -0.25) is 14.4 Å². The number of nitrogens with one attached hydrogen (secondary N) is 5. The van der Waals surface area contributed by atoms with Crippen molar-refractivity contribution in [1.82, 2.24) is 30.9 Å². The van der Waals surface area contributed by atoms with Crippen LogP contribution >= 0.6 is 12.6 Å². The van der Waals surface area contributed by atoms with Gasteiger partial charge in [0, 0.05) is 47.6 Å². The van der Waals surface area contributed by atoms with E-state index in [1.165, 1.54) is 19.4 Å². The number of carboxylic acids is 1. The quantitative estimate of drug-likeness (QED) is 0.119. The molecule has 3 aromatic rings. The summed E-state index contributed by atoms with van der Waals surface area (Å²) >= 11 is 4.11. The molecular weight excluding hydrogens is 514 g/mol. The topological polar surface area (TPSA) is 215 Å². The molecule has 0 fully saturated rings. The number of aliphatic carboxylic acids is 1. The molecule has 3 amide bonds. The number of benzene rings is 1. The number of nitrogens with zero attached hydrogens (tertiary/aromatic N) is 1. The number of aromatic amines is 2. The van der Waals surface area contributed by atoms with E-state index >= 15 is 0 Å². The van der Waals surface area contributed by atoms with Crippen LogP contribution in [0.15, 0.2) is 43.0 Å². The predicted molar refractivity (Wildman–Crippen MR) is 141 cm³/mol. The minimum absolute atomic E-state index is 0.00109. The molecule has 2 heterocycles. The molecule has 0 saturated heterocycles. The number of amides is 3. The van der Waals surface area contributed by atoms with Gasteiger partial charge >= 0.3 is 5.97 Å². The van der Waals surface area contributed by atoms with Gasteiger partial charge in [-0.05, 0) is 18.6 Å². The Morgan fingerprint density at radius 1 is 1.03 bits per heavy atom. The number of aliphatic hydroxyl groups is 1. The van der Waals surface area contributed by atoms with Crippen molar-refractivity contribution in [3.8, 4) is 0 Å².